The molecule has 0 bridgehead atoms. The first kappa shape index (κ1) is 18.4. The van der Waals surface area contributed by atoms with Gasteiger partial charge in [0.1, 0.15) is 0 Å². The third kappa shape index (κ3) is 4.42. The van der Waals surface area contributed by atoms with Gasteiger partial charge in [0.2, 0.25) is 0 Å². The van der Waals surface area contributed by atoms with Gasteiger partial charge >= 0.3 is 6.03 Å². The van der Waals surface area contributed by atoms with Crippen molar-refractivity contribution in [3.63, 3.8) is 0 Å². The van der Waals surface area contributed by atoms with E-state index >= 15 is 0 Å². The van der Waals surface area contributed by atoms with E-state index in [0.717, 1.165) is 4.47 Å². The van der Waals surface area contributed by atoms with Gasteiger partial charge in [-0.2, -0.15) is 4.98 Å². The predicted molar refractivity (Wildman–Crippen MR) is 104 cm³/mol. The van der Waals surface area contributed by atoms with Gasteiger partial charge in [-0.25, -0.2) is 4.79 Å². The van der Waals surface area contributed by atoms with Crippen LogP contribution >= 0.6 is 27.5 Å². The van der Waals surface area contributed by atoms with Gasteiger partial charge in [0.25, 0.3) is 5.89 Å². The first-order valence-corrected chi connectivity index (χ1v) is 9.06. The lowest BCUT2D eigenvalue weighted by atomic mass is 10.2. The van der Waals surface area contributed by atoms with Crippen LogP contribution in [0.4, 0.5) is 10.5 Å². The van der Waals surface area contributed by atoms with Crippen molar-refractivity contribution in [2.75, 3.05) is 18.9 Å². The molecule has 2 amide bonds. The zero-order valence-corrected chi connectivity index (χ0v) is 16.3. The summed E-state index contributed by atoms with van der Waals surface area (Å²) >= 11 is 9.54. The molecule has 0 radical (unpaired) electrons. The molecule has 1 N–H and O–H groups in total. The summed E-state index contributed by atoms with van der Waals surface area (Å²) in [6.45, 7) is 0.442. The number of aromatic nitrogens is 2. The first-order valence-electron chi connectivity index (χ1n) is 7.88. The number of rotatable bonds is 5. The zero-order chi connectivity index (χ0) is 18.5. The van der Waals surface area contributed by atoms with Gasteiger partial charge in [0, 0.05) is 24.5 Å². The number of hydrogen-bond acceptors (Lipinski definition) is 4. The van der Waals surface area contributed by atoms with Crippen molar-refractivity contribution in [1.82, 2.24) is 15.0 Å². The molecule has 6 nitrogen and oxygen atoms in total. The highest BCUT2D eigenvalue weighted by Gasteiger charge is 2.14. The number of amides is 2. The fourth-order valence-electron chi connectivity index (χ4n) is 2.24. The molecule has 2 aromatic carbocycles. The number of anilines is 1. The molecular weight excluding hydrogens is 420 g/mol. The largest absolute Gasteiger partial charge is 0.334 e. The van der Waals surface area contributed by atoms with E-state index < -0.39 is 0 Å². The summed E-state index contributed by atoms with van der Waals surface area (Å²) < 4.78 is 6.09. The van der Waals surface area contributed by atoms with E-state index in [-0.39, 0.29) is 6.03 Å². The third-order valence-corrected chi connectivity index (χ3v) is 4.73. The summed E-state index contributed by atoms with van der Waals surface area (Å²) in [6.07, 6.45) is 0.466. The molecule has 3 rings (SSSR count). The maximum atomic E-state index is 12.3. The molecule has 1 aromatic heterocycles. The molecule has 0 saturated heterocycles. The average molecular weight is 436 g/mol. The Hall–Kier alpha value is -2.38. The third-order valence-electron chi connectivity index (χ3n) is 3.71. The normalized spacial score (nSPS) is 10.6. The molecule has 0 atom stereocenters. The Morgan fingerprint density at radius 3 is 2.73 bits per heavy atom. The number of nitrogens with one attached hydrogen (secondary N) is 1. The second-order valence-electron chi connectivity index (χ2n) is 5.58. The molecule has 134 valence electrons. The van der Waals surface area contributed by atoms with Crippen LogP contribution in [0.2, 0.25) is 5.02 Å². The lowest BCUT2D eigenvalue weighted by Crippen LogP contribution is -2.33. The lowest BCUT2D eigenvalue weighted by molar-refractivity contribution is 0.222. The number of benzene rings is 2. The number of carbonyl (C=O) groups is 1. The molecule has 8 heteroatoms. The van der Waals surface area contributed by atoms with Crippen LogP contribution in [0.15, 0.2) is 57.5 Å². The molecular formula is C18H16BrClN4O2. The van der Waals surface area contributed by atoms with Crippen LogP contribution < -0.4 is 5.32 Å². The Bertz CT molecular complexity index is 915. The van der Waals surface area contributed by atoms with Crippen LogP contribution in [0.5, 0.6) is 0 Å². The van der Waals surface area contributed by atoms with E-state index in [1.165, 1.54) is 0 Å². The van der Waals surface area contributed by atoms with Crippen molar-refractivity contribution in [2.24, 2.45) is 0 Å². The summed E-state index contributed by atoms with van der Waals surface area (Å²) in [6, 6.07) is 14.5. The molecule has 0 unspecified atom stereocenters. The van der Waals surface area contributed by atoms with Gasteiger partial charge in [-0.1, -0.05) is 41.0 Å². The number of hydrogen-bond donors (Lipinski definition) is 1. The van der Waals surface area contributed by atoms with E-state index in [9.17, 15) is 4.79 Å². The van der Waals surface area contributed by atoms with E-state index in [2.05, 4.69) is 31.4 Å². The van der Waals surface area contributed by atoms with Crippen LogP contribution in [-0.2, 0) is 6.42 Å². The highest BCUT2D eigenvalue weighted by molar-refractivity contribution is 9.10. The molecule has 0 spiro atoms. The van der Waals surface area contributed by atoms with Crippen LogP contribution in [0.1, 0.15) is 5.82 Å². The van der Waals surface area contributed by atoms with Crippen LogP contribution in [0.3, 0.4) is 0 Å². The van der Waals surface area contributed by atoms with Crippen molar-refractivity contribution in [1.29, 1.82) is 0 Å². The molecule has 1 heterocycles. The molecule has 3 aromatic rings. The Labute approximate surface area is 164 Å². The van der Waals surface area contributed by atoms with E-state index in [0.29, 0.717) is 41.0 Å². The fraction of sp³-hybridized carbons (Fsp3) is 0.167. The Balaban J connectivity index is 1.58. The summed E-state index contributed by atoms with van der Waals surface area (Å²) in [5, 5.41) is 7.34. The zero-order valence-electron chi connectivity index (χ0n) is 13.9. The second-order valence-corrected chi connectivity index (χ2v) is 6.84. The number of para-hydroxylation sites is 1. The monoisotopic (exact) mass is 434 g/mol. The second kappa shape index (κ2) is 8.33. The summed E-state index contributed by atoms with van der Waals surface area (Å²) in [5.41, 5.74) is 1.40. The quantitative estimate of drug-likeness (QED) is 0.621. The molecule has 26 heavy (non-hydrogen) atoms. The van der Waals surface area contributed by atoms with Crippen molar-refractivity contribution in [3.05, 3.63) is 63.9 Å². The number of likely N-dealkylation sites (N-methyl/N-ethyl adjacent to an activating group) is 1. The highest BCUT2D eigenvalue weighted by atomic mass is 79.9. The number of nitrogens with zero attached hydrogens (tertiary/aromatic N) is 3. The van der Waals surface area contributed by atoms with E-state index in [1.807, 2.05) is 42.5 Å². The lowest BCUT2D eigenvalue weighted by Gasteiger charge is -2.17. The molecule has 0 aliphatic heterocycles. The molecule has 0 aliphatic rings. The fourth-order valence-corrected chi connectivity index (χ4v) is 2.84. The molecule has 0 saturated carbocycles. The van der Waals surface area contributed by atoms with Gasteiger partial charge in [-0.15, -0.1) is 0 Å². The number of halogens is 2. The van der Waals surface area contributed by atoms with Crippen LogP contribution in [-0.4, -0.2) is 34.7 Å². The standard InChI is InChI=1S/C18H16BrClN4O2/c1-24(18(25)21-15-9-5-3-7-13(15)19)11-10-16-22-17(26-23-16)12-6-2-4-8-14(12)20/h2-9H,10-11H2,1H3,(H,21,25). The van der Waals surface area contributed by atoms with Crippen LogP contribution in [0, 0.1) is 0 Å². The maximum Gasteiger partial charge on any atom is 0.321 e. The summed E-state index contributed by atoms with van der Waals surface area (Å²) in [5.74, 6) is 0.881. The highest BCUT2D eigenvalue weighted by Crippen LogP contribution is 2.26. The number of carbonyl (C=O) groups excluding carboxylic acids is 1. The SMILES string of the molecule is CN(CCc1noc(-c2ccccc2Cl)n1)C(=O)Nc1ccccc1Br. The Morgan fingerprint density at radius 2 is 1.96 bits per heavy atom. The smallest absolute Gasteiger partial charge is 0.321 e. The van der Waals surface area contributed by atoms with Gasteiger partial charge in [-0.05, 0) is 40.2 Å². The van der Waals surface area contributed by atoms with E-state index in [1.54, 1.807) is 18.0 Å². The average Bonchev–Trinajstić information content (AvgIpc) is 3.10. The van der Waals surface area contributed by atoms with Gasteiger partial charge < -0.3 is 14.7 Å². The molecule has 0 aliphatic carbocycles. The van der Waals surface area contributed by atoms with Gasteiger partial charge in [0.05, 0.1) is 16.3 Å². The van der Waals surface area contributed by atoms with Crippen molar-refractivity contribution < 1.29 is 9.32 Å². The summed E-state index contributed by atoms with van der Waals surface area (Å²) in [7, 11) is 1.71. The van der Waals surface area contributed by atoms with E-state index in [4.69, 9.17) is 16.1 Å². The van der Waals surface area contributed by atoms with Crippen molar-refractivity contribution >= 4 is 39.2 Å². The van der Waals surface area contributed by atoms with Gasteiger partial charge in [-0.3, -0.25) is 0 Å². The maximum absolute atomic E-state index is 12.3. The Kier molecular flexibility index (Phi) is 5.90. The van der Waals surface area contributed by atoms with Gasteiger partial charge in [0.15, 0.2) is 5.82 Å². The Morgan fingerprint density at radius 1 is 1.23 bits per heavy atom. The minimum absolute atomic E-state index is 0.216. The minimum atomic E-state index is -0.216. The molecule has 0 fully saturated rings. The summed E-state index contributed by atoms with van der Waals surface area (Å²) in [4.78, 5) is 18.2. The van der Waals surface area contributed by atoms with Crippen molar-refractivity contribution in [3.8, 4) is 11.5 Å². The topological polar surface area (TPSA) is 71.3 Å². The first-order chi connectivity index (χ1) is 12.5. The predicted octanol–water partition coefficient (Wildman–Crippen LogP) is 4.86. The van der Waals surface area contributed by atoms with Crippen molar-refractivity contribution in [2.45, 2.75) is 6.42 Å². The van der Waals surface area contributed by atoms with Crippen LogP contribution in [0.25, 0.3) is 11.5 Å². The number of urea groups is 1. The minimum Gasteiger partial charge on any atom is -0.334 e.